The number of alkyl halides is 4. The molecule has 1 atom stereocenters. The average Bonchev–Trinajstić information content (AvgIpc) is 2.74. The first kappa shape index (κ1) is 14.9. The van der Waals surface area contributed by atoms with Gasteiger partial charge in [-0.05, 0) is 36.8 Å². The fraction of sp³-hybridized carbons (Fsp3) is 0.231. The zero-order chi connectivity index (χ0) is 14.2. The van der Waals surface area contributed by atoms with Crippen molar-refractivity contribution in [1.29, 1.82) is 0 Å². The molecule has 0 aliphatic rings. The smallest absolute Gasteiger partial charge is 0.166 e. The molecule has 1 aromatic carbocycles. The van der Waals surface area contributed by atoms with Gasteiger partial charge >= 0.3 is 6.18 Å². The molecule has 0 saturated carbocycles. The van der Waals surface area contributed by atoms with E-state index in [1.165, 1.54) is 17.4 Å². The highest BCUT2D eigenvalue weighted by atomic mass is 79.9. The summed E-state index contributed by atoms with van der Waals surface area (Å²) in [6, 6.07) is 7.66. The molecule has 0 fully saturated rings. The quantitative estimate of drug-likeness (QED) is 0.556. The molecule has 0 aliphatic carbocycles. The maximum Gasteiger partial charge on any atom is 0.416 e. The number of hydrogen-bond acceptors (Lipinski definition) is 1. The van der Waals surface area contributed by atoms with E-state index in [0.29, 0.717) is 9.35 Å². The van der Waals surface area contributed by atoms with Gasteiger partial charge in [0.05, 0.1) is 10.9 Å². The van der Waals surface area contributed by atoms with Crippen molar-refractivity contribution in [2.45, 2.75) is 18.5 Å². The third-order valence-electron chi connectivity index (χ3n) is 2.60. The molecule has 0 saturated heterocycles. The Morgan fingerprint density at radius 1 is 1.21 bits per heavy atom. The summed E-state index contributed by atoms with van der Waals surface area (Å²) in [6.45, 7) is 1.89. The van der Waals surface area contributed by atoms with Crippen molar-refractivity contribution in [1.82, 2.24) is 0 Å². The Bertz CT molecular complexity index is 592. The summed E-state index contributed by atoms with van der Waals surface area (Å²) in [5.74, 6) is 0. The van der Waals surface area contributed by atoms with Gasteiger partial charge in [0.2, 0.25) is 0 Å². The maximum atomic E-state index is 13.0. The van der Waals surface area contributed by atoms with Crippen molar-refractivity contribution in [3.8, 4) is 0 Å². The Kier molecular flexibility index (Phi) is 4.28. The normalized spacial score (nSPS) is 13.6. The molecule has 1 aromatic heterocycles. The Morgan fingerprint density at radius 2 is 1.89 bits per heavy atom. The van der Waals surface area contributed by atoms with Gasteiger partial charge in [-0.3, -0.25) is 0 Å². The van der Waals surface area contributed by atoms with Crippen LogP contribution < -0.4 is 0 Å². The van der Waals surface area contributed by atoms with Crippen molar-refractivity contribution < 1.29 is 13.2 Å². The van der Waals surface area contributed by atoms with Gasteiger partial charge in [-0.1, -0.05) is 22.0 Å². The van der Waals surface area contributed by atoms with Gasteiger partial charge in [0.1, 0.15) is 0 Å². The van der Waals surface area contributed by atoms with Crippen molar-refractivity contribution in [3.05, 3.63) is 55.7 Å². The van der Waals surface area contributed by atoms with Crippen LogP contribution >= 0.6 is 38.9 Å². The summed E-state index contributed by atoms with van der Waals surface area (Å²) < 4.78 is 39.5. The number of benzene rings is 1. The Morgan fingerprint density at radius 3 is 2.42 bits per heavy atom. The van der Waals surface area contributed by atoms with Gasteiger partial charge in [-0.15, -0.1) is 22.9 Å². The van der Waals surface area contributed by atoms with E-state index in [2.05, 4.69) is 15.9 Å². The molecule has 0 nitrogen and oxygen atoms in total. The molecule has 0 radical (unpaired) electrons. The molecular weight excluding hydrogens is 361 g/mol. The molecule has 102 valence electrons. The monoisotopic (exact) mass is 368 g/mol. The molecule has 6 heteroatoms. The highest BCUT2D eigenvalue weighted by Gasteiger charge is 2.35. The highest BCUT2D eigenvalue weighted by molar-refractivity contribution is 9.10. The van der Waals surface area contributed by atoms with Crippen molar-refractivity contribution in [2.24, 2.45) is 0 Å². The van der Waals surface area contributed by atoms with E-state index in [-0.39, 0.29) is 5.56 Å². The van der Waals surface area contributed by atoms with E-state index < -0.39 is 17.1 Å². The summed E-state index contributed by atoms with van der Waals surface area (Å²) in [7, 11) is 0. The topological polar surface area (TPSA) is 0 Å². The van der Waals surface area contributed by atoms with Crippen LogP contribution in [0.1, 0.15) is 26.3 Å². The van der Waals surface area contributed by atoms with Gasteiger partial charge < -0.3 is 0 Å². The second kappa shape index (κ2) is 5.46. The number of aryl methyl sites for hydroxylation is 1. The summed E-state index contributed by atoms with van der Waals surface area (Å²) in [6.07, 6.45) is -4.42. The molecule has 19 heavy (non-hydrogen) atoms. The molecular formula is C13H9BrClF3S. The molecule has 0 aliphatic heterocycles. The highest BCUT2D eigenvalue weighted by Crippen LogP contribution is 2.42. The zero-order valence-corrected chi connectivity index (χ0v) is 12.9. The molecule has 0 bridgehead atoms. The van der Waals surface area contributed by atoms with Crippen LogP contribution in [0.4, 0.5) is 13.2 Å². The van der Waals surface area contributed by atoms with E-state index >= 15 is 0 Å². The third-order valence-corrected chi connectivity index (χ3v) is 4.76. The summed E-state index contributed by atoms with van der Waals surface area (Å²) >= 11 is 10.7. The summed E-state index contributed by atoms with van der Waals surface area (Å²) in [4.78, 5) is 1.73. The Labute approximate surface area is 126 Å². The molecule has 0 amide bonds. The van der Waals surface area contributed by atoms with Crippen LogP contribution in [-0.4, -0.2) is 0 Å². The largest absolute Gasteiger partial charge is 0.416 e. The van der Waals surface area contributed by atoms with Crippen LogP contribution in [0.3, 0.4) is 0 Å². The lowest BCUT2D eigenvalue weighted by Crippen LogP contribution is -2.10. The fourth-order valence-electron chi connectivity index (χ4n) is 1.74. The second-order valence-electron chi connectivity index (χ2n) is 4.04. The SMILES string of the molecule is Cc1ccc(C(Cl)c2ccc(Br)cc2C(F)(F)F)s1. The molecule has 0 N–H and O–H groups in total. The molecule has 1 heterocycles. The Balaban J connectivity index is 2.50. The molecule has 2 rings (SSSR count). The van der Waals surface area contributed by atoms with Crippen LogP contribution in [0, 0.1) is 6.92 Å². The van der Waals surface area contributed by atoms with Gasteiger partial charge in [0.15, 0.2) is 0 Å². The van der Waals surface area contributed by atoms with E-state index in [0.717, 1.165) is 10.9 Å². The number of rotatable bonds is 2. The van der Waals surface area contributed by atoms with Crippen LogP contribution in [0.5, 0.6) is 0 Å². The minimum Gasteiger partial charge on any atom is -0.166 e. The number of hydrogen-bond donors (Lipinski definition) is 0. The predicted molar refractivity (Wildman–Crippen MR) is 75.9 cm³/mol. The maximum absolute atomic E-state index is 13.0. The van der Waals surface area contributed by atoms with E-state index in [1.807, 2.05) is 13.0 Å². The summed E-state index contributed by atoms with van der Waals surface area (Å²) in [5, 5.41) is -0.788. The first-order valence-corrected chi connectivity index (χ1v) is 7.40. The van der Waals surface area contributed by atoms with Gasteiger partial charge in [-0.2, -0.15) is 13.2 Å². The van der Waals surface area contributed by atoms with Crippen molar-refractivity contribution in [3.63, 3.8) is 0 Å². The van der Waals surface area contributed by atoms with Crippen LogP contribution in [-0.2, 0) is 6.18 Å². The van der Waals surface area contributed by atoms with E-state index in [4.69, 9.17) is 11.6 Å². The zero-order valence-electron chi connectivity index (χ0n) is 9.76. The van der Waals surface area contributed by atoms with Gasteiger partial charge in [-0.25, -0.2) is 0 Å². The first-order valence-electron chi connectivity index (χ1n) is 5.36. The van der Waals surface area contributed by atoms with Crippen molar-refractivity contribution >= 4 is 38.9 Å². The minimum atomic E-state index is -4.42. The third kappa shape index (κ3) is 3.33. The Hall–Kier alpha value is -0.520. The number of halogens is 5. The van der Waals surface area contributed by atoms with E-state index in [9.17, 15) is 13.2 Å². The van der Waals surface area contributed by atoms with Crippen LogP contribution in [0.2, 0.25) is 0 Å². The lowest BCUT2D eigenvalue weighted by atomic mass is 10.0. The molecule has 2 aromatic rings. The standard InChI is InChI=1S/C13H9BrClF3S/c1-7-2-5-11(19-7)12(15)9-4-3-8(14)6-10(9)13(16,17)18/h2-6,12H,1H3. The summed E-state index contributed by atoms with van der Waals surface area (Å²) in [5.41, 5.74) is -0.618. The first-order chi connectivity index (χ1) is 8.79. The van der Waals surface area contributed by atoms with Crippen LogP contribution in [0.15, 0.2) is 34.8 Å². The van der Waals surface area contributed by atoms with E-state index in [1.54, 1.807) is 12.1 Å². The predicted octanol–water partition coefficient (Wildman–Crippen LogP) is 6.17. The molecule has 0 spiro atoms. The fourth-order valence-corrected chi connectivity index (χ4v) is 3.37. The van der Waals surface area contributed by atoms with Gasteiger partial charge in [0, 0.05) is 14.2 Å². The van der Waals surface area contributed by atoms with Gasteiger partial charge in [0.25, 0.3) is 0 Å². The van der Waals surface area contributed by atoms with Crippen molar-refractivity contribution in [2.75, 3.05) is 0 Å². The minimum absolute atomic E-state index is 0.0826. The number of thiophene rings is 1. The van der Waals surface area contributed by atoms with Crippen LogP contribution in [0.25, 0.3) is 0 Å². The second-order valence-corrected chi connectivity index (χ2v) is 6.71. The lowest BCUT2D eigenvalue weighted by Gasteiger charge is -2.16. The lowest BCUT2D eigenvalue weighted by molar-refractivity contribution is -0.138. The average molecular weight is 370 g/mol. The molecule has 1 unspecified atom stereocenters.